The zero-order valence-corrected chi connectivity index (χ0v) is 21.9. The van der Waals surface area contributed by atoms with Crippen molar-refractivity contribution in [3.8, 4) is 23.0 Å². The van der Waals surface area contributed by atoms with Crippen LogP contribution >= 0.6 is 23.2 Å². The molecule has 5 rings (SSSR count). The zero-order valence-electron chi connectivity index (χ0n) is 20.3. The van der Waals surface area contributed by atoms with E-state index in [1.807, 2.05) is 30.3 Å². The van der Waals surface area contributed by atoms with Crippen LogP contribution < -0.4 is 10.6 Å². The third kappa shape index (κ3) is 6.23. The number of rotatable bonds is 8. The summed E-state index contributed by atoms with van der Waals surface area (Å²) in [6.07, 6.45) is 1.94. The largest absolute Gasteiger partial charge is 0.334 e. The fourth-order valence-electron chi connectivity index (χ4n) is 4.07. The highest BCUT2D eigenvalue weighted by Crippen LogP contribution is 2.29. The molecule has 0 radical (unpaired) electrons. The van der Waals surface area contributed by atoms with E-state index in [0.717, 1.165) is 16.7 Å². The van der Waals surface area contributed by atoms with Crippen LogP contribution in [0.5, 0.6) is 0 Å². The van der Waals surface area contributed by atoms with Gasteiger partial charge in [-0.15, -0.1) is 5.10 Å². The standard InChI is InChI=1S/C27H21Cl2N9O/c28-21-10-11-23(38-16-32-36-37-38)20(13-21)15-31-27(39)33-22(12-17-4-2-1-3-5-17)26-34-24(25(29)35-26)19-8-6-18(14-30)7-9-19/h1-11,13,16,22H,12,15H2,(H,34,35)(H2,31,33,39). The van der Waals surface area contributed by atoms with Crippen molar-refractivity contribution in [3.63, 3.8) is 0 Å². The Morgan fingerprint density at radius 2 is 1.87 bits per heavy atom. The minimum Gasteiger partial charge on any atom is -0.334 e. The third-order valence-electron chi connectivity index (χ3n) is 5.96. The lowest BCUT2D eigenvalue weighted by molar-refractivity contribution is 0.236. The summed E-state index contributed by atoms with van der Waals surface area (Å²) in [5.41, 5.74) is 4.24. The maximum atomic E-state index is 13.1. The van der Waals surface area contributed by atoms with Crippen LogP contribution in [0.1, 0.15) is 28.6 Å². The maximum Gasteiger partial charge on any atom is 0.315 e. The average molecular weight is 558 g/mol. The van der Waals surface area contributed by atoms with Crippen molar-refractivity contribution in [2.24, 2.45) is 0 Å². The predicted octanol–water partition coefficient (Wildman–Crippen LogP) is 5.01. The summed E-state index contributed by atoms with van der Waals surface area (Å²) >= 11 is 12.7. The molecule has 3 N–H and O–H groups in total. The number of urea groups is 1. The molecule has 0 aliphatic heterocycles. The van der Waals surface area contributed by atoms with Gasteiger partial charge >= 0.3 is 6.03 Å². The molecule has 0 bridgehead atoms. The molecule has 0 saturated carbocycles. The fraction of sp³-hybridized carbons (Fsp3) is 0.111. The van der Waals surface area contributed by atoms with E-state index in [2.05, 4.69) is 37.2 Å². The van der Waals surface area contributed by atoms with Crippen LogP contribution in [0.4, 0.5) is 4.79 Å². The molecule has 12 heteroatoms. The smallest absolute Gasteiger partial charge is 0.315 e. The lowest BCUT2D eigenvalue weighted by Crippen LogP contribution is -2.39. The van der Waals surface area contributed by atoms with Gasteiger partial charge in [-0.25, -0.2) is 14.5 Å². The van der Waals surface area contributed by atoms with Crippen molar-refractivity contribution < 1.29 is 4.79 Å². The molecular formula is C27H21Cl2N9O. The molecule has 0 aliphatic rings. The number of benzene rings is 3. The summed E-state index contributed by atoms with van der Waals surface area (Å²) in [5, 5.41) is 27.1. The topological polar surface area (TPSA) is 137 Å². The second kappa shape index (κ2) is 11.8. The van der Waals surface area contributed by atoms with E-state index < -0.39 is 12.1 Å². The monoisotopic (exact) mass is 557 g/mol. The Kier molecular flexibility index (Phi) is 7.82. The van der Waals surface area contributed by atoms with Crippen LogP contribution in [-0.4, -0.2) is 36.2 Å². The molecule has 2 heterocycles. The van der Waals surface area contributed by atoms with Crippen LogP contribution in [0, 0.1) is 11.3 Å². The first-order chi connectivity index (χ1) is 19.0. The van der Waals surface area contributed by atoms with Gasteiger partial charge in [0.05, 0.1) is 23.4 Å². The second-order valence-electron chi connectivity index (χ2n) is 8.57. The van der Waals surface area contributed by atoms with Gasteiger partial charge in [0.25, 0.3) is 0 Å². The fourth-order valence-corrected chi connectivity index (χ4v) is 4.51. The number of halogens is 2. The molecule has 1 unspecified atom stereocenters. The molecule has 5 aromatic rings. The van der Waals surface area contributed by atoms with Crippen LogP contribution in [0.2, 0.25) is 10.2 Å². The van der Waals surface area contributed by atoms with Gasteiger partial charge in [0.2, 0.25) is 0 Å². The molecule has 3 aromatic carbocycles. The normalized spacial score (nSPS) is 11.5. The number of aromatic amines is 1. The van der Waals surface area contributed by atoms with Crippen LogP contribution in [0.3, 0.4) is 0 Å². The van der Waals surface area contributed by atoms with Gasteiger partial charge in [-0.2, -0.15) is 5.26 Å². The number of hydrogen-bond donors (Lipinski definition) is 3. The summed E-state index contributed by atoms with van der Waals surface area (Å²) < 4.78 is 1.50. The lowest BCUT2D eigenvalue weighted by atomic mass is 10.1. The van der Waals surface area contributed by atoms with Crippen molar-refractivity contribution in [3.05, 3.63) is 112 Å². The molecule has 0 saturated heterocycles. The Morgan fingerprint density at radius 3 is 2.59 bits per heavy atom. The number of H-pyrrole nitrogens is 1. The summed E-state index contributed by atoms with van der Waals surface area (Å²) in [7, 11) is 0. The number of amides is 2. The molecule has 2 aromatic heterocycles. The molecule has 39 heavy (non-hydrogen) atoms. The number of aromatic nitrogens is 6. The Morgan fingerprint density at radius 1 is 1.08 bits per heavy atom. The summed E-state index contributed by atoms with van der Waals surface area (Å²) in [5.74, 6) is 0.496. The average Bonchev–Trinajstić information content (AvgIpc) is 3.62. The van der Waals surface area contributed by atoms with Crippen LogP contribution in [-0.2, 0) is 13.0 Å². The predicted molar refractivity (Wildman–Crippen MR) is 146 cm³/mol. The van der Waals surface area contributed by atoms with Crippen molar-refractivity contribution >= 4 is 29.2 Å². The van der Waals surface area contributed by atoms with Gasteiger partial charge in [0, 0.05) is 17.1 Å². The first kappa shape index (κ1) is 25.9. The first-order valence-corrected chi connectivity index (χ1v) is 12.6. The number of nitrogens with one attached hydrogen (secondary N) is 3. The lowest BCUT2D eigenvalue weighted by Gasteiger charge is -2.18. The number of nitriles is 1. The van der Waals surface area contributed by atoms with E-state index in [1.54, 1.807) is 42.5 Å². The number of hydrogen-bond acceptors (Lipinski definition) is 6. The molecule has 0 spiro atoms. The molecule has 194 valence electrons. The Balaban J connectivity index is 1.36. The molecule has 0 fully saturated rings. The van der Waals surface area contributed by atoms with Gasteiger partial charge in [0.1, 0.15) is 23.0 Å². The van der Waals surface area contributed by atoms with Crippen molar-refractivity contribution in [2.45, 2.75) is 19.0 Å². The molecular weight excluding hydrogens is 537 g/mol. The number of nitrogens with zero attached hydrogens (tertiary/aromatic N) is 6. The minimum absolute atomic E-state index is 0.176. The van der Waals surface area contributed by atoms with E-state index in [9.17, 15) is 4.79 Å². The van der Waals surface area contributed by atoms with E-state index in [0.29, 0.717) is 39.4 Å². The summed E-state index contributed by atoms with van der Waals surface area (Å²) in [6, 6.07) is 23.1. The van der Waals surface area contributed by atoms with Crippen molar-refractivity contribution in [1.29, 1.82) is 5.26 Å². The van der Waals surface area contributed by atoms with Crippen molar-refractivity contribution in [2.75, 3.05) is 0 Å². The number of tetrazole rings is 1. The highest BCUT2D eigenvalue weighted by molar-refractivity contribution is 6.32. The van der Waals surface area contributed by atoms with Crippen molar-refractivity contribution in [1.82, 2.24) is 40.8 Å². The first-order valence-electron chi connectivity index (χ1n) is 11.9. The van der Waals surface area contributed by atoms with Crippen LogP contribution in [0.25, 0.3) is 16.9 Å². The highest BCUT2D eigenvalue weighted by atomic mass is 35.5. The Labute approximate surface area is 233 Å². The minimum atomic E-state index is -0.518. The third-order valence-corrected chi connectivity index (χ3v) is 6.47. The van der Waals surface area contributed by atoms with E-state index >= 15 is 0 Å². The van der Waals surface area contributed by atoms with Gasteiger partial charge < -0.3 is 15.6 Å². The number of imidazole rings is 1. The molecule has 10 nitrogen and oxygen atoms in total. The van der Waals surface area contributed by atoms with Gasteiger partial charge in [-0.3, -0.25) is 0 Å². The van der Waals surface area contributed by atoms with E-state index in [4.69, 9.17) is 33.4 Å². The van der Waals surface area contributed by atoms with Crippen LogP contribution in [0.15, 0.2) is 79.1 Å². The number of carbonyl (C=O) groups is 1. The zero-order chi connectivity index (χ0) is 27.2. The Bertz CT molecular complexity index is 1610. The van der Waals surface area contributed by atoms with E-state index in [-0.39, 0.29) is 6.54 Å². The maximum absolute atomic E-state index is 13.1. The summed E-state index contributed by atoms with van der Waals surface area (Å²) in [4.78, 5) is 20.9. The molecule has 2 amide bonds. The van der Waals surface area contributed by atoms with E-state index in [1.165, 1.54) is 11.0 Å². The quantitative estimate of drug-likeness (QED) is 0.245. The van der Waals surface area contributed by atoms with Gasteiger partial charge in [-0.05, 0) is 58.3 Å². The molecule has 1 atom stereocenters. The van der Waals surface area contributed by atoms with Gasteiger partial charge in [-0.1, -0.05) is 65.7 Å². The highest BCUT2D eigenvalue weighted by Gasteiger charge is 2.22. The SMILES string of the molecule is N#Cc1ccc(-c2nc(C(Cc3ccccc3)NC(=O)NCc3cc(Cl)ccc3-n3cnnn3)[nH]c2Cl)cc1. The molecule has 0 aliphatic carbocycles. The summed E-state index contributed by atoms with van der Waals surface area (Å²) in [6.45, 7) is 0.176. The number of carbonyl (C=O) groups excluding carboxylic acids is 1. The van der Waals surface area contributed by atoms with Gasteiger partial charge in [0.15, 0.2) is 0 Å². The second-order valence-corrected chi connectivity index (χ2v) is 9.38. The Hall–Kier alpha value is -4.72.